The van der Waals surface area contributed by atoms with Crippen LogP contribution in [0.5, 0.6) is 23.0 Å². The van der Waals surface area contributed by atoms with Crippen molar-refractivity contribution >= 4 is 98.5 Å². The van der Waals surface area contributed by atoms with Crippen molar-refractivity contribution in [2.75, 3.05) is 50.4 Å². The van der Waals surface area contributed by atoms with Gasteiger partial charge in [-0.25, -0.2) is 20.4 Å². The minimum atomic E-state index is -1.96. The third kappa shape index (κ3) is 15.7. The van der Waals surface area contributed by atoms with Gasteiger partial charge in [-0.1, -0.05) is 6.92 Å². The summed E-state index contributed by atoms with van der Waals surface area (Å²) < 4.78 is 46.9. The van der Waals surface area contributed by atoms with E-state index in [2.05, 4.69) is 96.3 Å². The minimum absolute atomic E-state index is 0.000853. The summed E-state index contributed by atoms with van der Waals surface area (Å²) in [5.74, 6) is 7.25. The first-order valence-corrected chi connectivity index (χ1v) is 42.1. The van der Waals surface area contributed by atoms with Crippen LogP contribution >= 0.6 is 55.4 Å². The molecule has 101 heavy (non-hydrogen) atoms. The van der Waals surface area contributed by atoms with Gasteiger partial charge in [0.25, 0.3) is 11.4 Å². The number of carbonyl (C=O) groups excluding carboxylic acids is 2. The van der Waals surface area contributed by atoms with Crippen molar-refractivity contribution in [3.63, 3.8) is 0 Å². The largest absolute Gasteiger partial charge is 0.492 e. The smallest absolute Gasteiger partial charge is 0.318 e. The number of aliphatic hydroxyl groups excluding tert-OH is 1. The molecule has 7 N–H and O–H groups in total. The Morgan fingerprint density at radius 3 is 1.47 bits per heavy atom. The molecule has 0 radical (unpaired) electrons. The first-order chi connectivity index (χ1) is 48.8. The van der Waals surface area contributed by atoms with Gasteiger partial charge in [-0.05, 0) is 200 Å². The number of hydrazine groups is 2. The number of thioether (sulfide) groups is 2. The fourth-order valence-electron chi connectivity index (χ4n) is 15.3. The summed E-state index contributed by atoms with van der Waals surface area (Å²) >= 11 is 11.5. The molecular weight excluding hydrogens is 1480 g/mol. The molecule has 29 heteroatoms. The predicted octanol–water partition coefficient (Wildman–Crippen LogP) is 14.5. The number of aliphatic hydroxyl groups is 1. The average Bonchev–Trinajstić information content (AvgIpc) is 1.55. The number of nitro benzene ring substituents is 2. The molecule has 0 unspecified atom stereocenters. The van der Waals surface area contributed by atoms with Gasteiger partial charge < -0.3 is 68.6 Å². The van der Waals surface area contributed by atoms with E-state index in [1.54, 1.807) is 53.5 Å². The van der Waals surface area contributed by atoms with Gasteiger partial charge in [0.2, 0.25) is 0 Å². The summed E-state index contributed by atoms with van der Waals surface area (Å²) in [5.41, 5.74) is 18.4. The Kier molecular flexibility index (Phi) is 22.5. The molecule has 6 aromatic rings. The van der Waals surface area contributed by atoms with Crippen LogP contribution in [0.15, 0.2) is 115 Å². The fraction of sp³-hybridized carbons (Fsp3) is 0.528. The summed E-state index contributed by atoms with van der Waals surface area (Å²) in [7, 11) is -1.96. The highest BCUT2D eigenvalue weighted by Gasteiger charge is 2.64. The van der Waals surface area contributed by atoms with E-state index >= 15 is 0 Å². The first-order valence-electron chi connectivity index (χ1n) is 35.3. The van der Waals surface area contributed by atoms with Gasteiger partial charge in [0.05, 0.1) is 83.2 Å². The molecule has 4 aliphatic carbocycles. The monoisotopic (exact) mass is 1570 g/mol. The molecule has 6 heterocycles. The Morgan fingerprint density at radius 2 is 1.08 bits per heavy atom. The number of nitrogens with zero attached hydrogens (tertiary/aromatic N) is 4. The highest BCUT2D eigenvalue weighted by Crippen LogP contribution is 2.64. The molecule has 542 valence electrons. The summed E-state index contributed by atoms with van der Waals surface area (Å²) in [4.78, 5) is 52.9. The fourth-order valence-corrected chi connectivity index (χ4v) is 20.3. The number of urea groups is 2. The minimum Gasteiger partial charge on any atom is -0.492 e. The van der Waals surface area contributed by atoms with Gasteiger partial charge in [0.15, 0.2) is 8.32 Å². The van der Waals surface area contributed by atoms with Crippen LogP contribution in [0.4, 0.5) is 32.3 Å². The van der Waals surface area contributed by atoms with Crippen molar-refractivity contribution < 1.29 is 56.7 Å². The van der Waals surface area contributed by atoms with E-state index in [1.807, 2.05) is 54.8 Å². The van der Waals surface area contributed by atoms with Crippen molar-refractivity contribution in [3.05, 3.63) is 160 Å². The van der Waals surface area contributed by atoms with Crippen LogP contribution in [0, 0.1) is 32.1 Å². The van der Waals surface area contributed by atoms with E-state index in [9.17, 15) is 34.9 Å². The lowest BCUT2D eigenvalue weighted by atomic mass is 9.63. The molecule has 4 aromatic carbocycles. The Morgan fingerprint density at radius 1 is 0.644 bits per heavy atom. The Labute approximate surface area is 614 Å². The second-order valence-corrected chi connectivity index (χ2v) is 36.9. The molecule has 14 rings (SSSR count). The van der Waals surface area contributed by atoms with Gasteiger partial charge in [0.1, 0.15) is 55.7 Å². The zero-order chi connectivity index (χ0) is 70.7. The number of nitrogens with one attached hydrogen (secondary N) is 6. The number of amides is 4. The Hall–Kier alpha value is -6.70. The summed E-state index contributed by atoms with van der Waals surface area (Å²) in [5, 5.41) is 39.4. The summed E-state index contributed by atoms with van der Waals surface area (Å²) in [6.45, 7) is 13.8. The SMILES string of the molecule is CCNC(=O)N1Cc2cc(OCC3CC3)c(Br)c3c2[C@]2(C[C@H]1CO)[C@@H](C[C@@H](NNc1ccc([N+](=O)[O-])cc1)C[C@H]2SCc1ccco1)O3.CCNC(=O)N1Cc2cc(OCC3CC3)c(Br)c3c2[C@]2(C[C@H]1CO[Si](C)(C)CC)[C@@H](C[C@@H](NNc1ccc([N+](=O)[O-])cc1)C[C@H]2SCc1ccco1)O3. The molecule has 4 saturated carbocycles. The maximum Gasteiger partial charge on any atom is 0.318 e. The lowest BCUT2D eigenvalue weighted by molar-refractivity contribution is -0.385. The number of furan rings is 2. The predicted molar refractivity (Wildman–Crippen MR) is 397 cm³/mol. The van der Waals surface area contributed by atoms with Crippen LogP contribution in [-0.4, -0.2) is 132 Å². The zero-order valence-electron chi connectivity index (χ0n) is 57.5. The second-order valence-electron chi connectivity index (χ2n) is 28.4. The highest BCUT2D eigenvalue weighted by molar-refractivity contribution is 9.11. The summed E-state index contributed by atoms with van der Waals surface area (Å²) in [6.07, 6.45) is 11.7. The third-order valence-corrected chi connectivity index (χ3v) is 28.3. The number of nitro groups is 2. The van der Waals surface area contributed by atoms with Gasteiger partial charge in [-0.2, -0.15) is 0 Å². The topological polar surface area (TPSA) is 292 Å². The number of ether oxygens (including phenoxy) is 4. The van der Waals surface area contributed by atoms with E-state index in [4.69, 9.17) is 32.2 Å². The molecule has 24 nitrogen and oxygen atoms in total. The molecular formula is C72H90Br2N10O14S2Si. The van der Waals surface area contributed by atoms with Crippen molar-refractivity contribution in [1.29, 1.82) is 0 Å². The van der Waals surface area contributed by atoms with Crippen LogP contribution in [0.3, 0.4) is 0 Å². The zero-order valence-corrected chi connectivity index (χ0v) is 63.3. The summed E-state index contributed by atoms with van der Waals surface area (Å²) in [6, 6.07) is 24.8. The highest BCUT2D eigenvalue weighted by atomic mass is 79.9. The number of hydrogen-bond donors (Lipinski definition) is 7. The van der Waals surface area contributed by atoms with Gasteiger partial charge in [-0.15, -0.1) is 23.5 Å². The van der Waals surface area contributed by atoms with Crippen molar-refractivity contribution in [2.45, 2.75) is 186 Å². The van der Waals surface area contributed by atoms with Crippen LogP contribution in [0.2, 0.25) is 19.1 Å². The maximum atomic E-state index is 14.0. The molecule has 10 atom stereocenters. The molecule has 0 saturated heterocycles. The van der Waals surface area contributed by atoms with E-state index in [0.717, 1.165) is 97.4 Å². The number of anilines is 2. The van der Waals surface area contributed by atoms with Crippen LogP contribution in [0.25, 0.3) is 0 Å². The molecule has 2 aromatic heterocycles. The first kappa shape index (κ1) is 72.6. The molecule has 4 aliphatic heterocycles. The number of hydrogen-bond acceptors (Lipinski definition) is 20. The molecule has 4 amide bonds. The average molecular weight is 1570 g/mol. The second kappa shape index (κ2) is 31.3. The van der Waals surface area contributed by atoms with Crippen molar-refractivity contribution in [1.82, 2.24) is 31.3 Å². The third-order valence-electron chi connectivity index (χ3n) is 21.3. The standard InChI is InChI=1S/C38H50BrN5O7SSi.C34H40BrN5O7S/c1-5-40-37(45)43-20-25-16-31(49-21-24-9-10-24)35(39)36-34(25)38(19-29(43)22-50-53(3,4)6-2)32(51-36)17-27(18-33(38)52-23-30-8-7-15-48-30)42-41-26-11-13-28(14-12-26)44(46)47;1-2-36-33(42)39-16-21-12-27(46-18-20-5-6-20)31(35)32-30(21)34(15-25(39)17-41)28(47-32)13-23(14-29(34)48-19-26-4-3-11-45-26)38-37-22-7-9-24(10-8-22)40(43)44/h7-8,11-16,24,27,29,32-33,41-42H,5-6,9-10,17-23H2,1-4H3,(H,40,45);3-4,7-12,20,23,25,28-29,37-38,41H,2,5-6,13-19H2,1H3,(H,36,42)/t27-,29+,32-,33-,38-;23-,25+,28-,29-,34-/m11/s1. The van der Waals surface area contributed by atoms with Gasteiger partial charge in [0, 0.05) is 108 Å². The quantitative estimate of drug-likeness (QED) is 0.0143. The van der Waals surface area contributed by atoms with Crippen LogP contribution in [-0.2, 0) is 39.9 Å². The Balaban J connectivity index is 0.000000181. The number of rotatable bonds is 27. The van der Waals surface area contributed by atoms with Crippen LogP contribution < -0.4 is 51.3 Å². The maximum absolute atomic E-state index is 14.0. The van der Waals surface area contributed by atoms with E-state index in [0.29, 0.717) is 106 Å². The number of halogens is 2. The van der Waals surface area contributed by atoms with E-state index in [1.165, 1.54) is 37.1 Å². The van der Waals surface area contributed by atoms with Crippen molar-refractivity contribution in [2.24, 2.45) is 11.8 Å². The normalized spacial score (nSPS) is 25.3. The number of benzene rings is 4. The van der Waals surface area contributed by atoms with E-state index in [-0.39, 0.29) is 70.9 Å². The molecule has 4 fully saturated rings. The van der Waals surface area contributed by atoms with Crippen molar-refractivity contribution in [3.8, 4) is 23.0 Å². The number of carbonyl (C=O) groups is 2. The van der Waals surface area contributed by atoms with Gasteiger partial charge in [-0.3, -0.25) is 20.2 Å². The van der Waals surface area contributed by atoms with Gasteiger partial charge >= 0.3 is 12.1 Å². The molecule has 0 bridgehead atoms. The molecule has 8 aliphatic rings. The molecule has 2 spiro atoms. The lowest BCUT2D eigenvalue weighted by Crippen LogP contribution is -2.59. The van der Waals surface area contributed by atoms with Crippen LogP contribution in [0.1, 0.15) is 119 Å². The Bertz CT molecular complexity index is 3920. The van der Waals surface area contributed by atoms with E-state index < -0.39 is 35.0 Å². The number of non-ortho nitro benzene ring substituents is 2. The lowest BCUT2D eigenvalue weighted by Gasteiger charge is -2.49.